The van der Waals surface area contributed by atoms with Crippen LogP contribution in [0.5, 0.6) is 0 Å². The molecule has 1 fully saturated rings. The average molecular weight is 322 g/mol. The predicted octanol–water partition coefficient (Wildman–Crippen LogP) is 3.22. The van der Waals surface area contributed by atoms with Crippen LogP contribution in [0.2, 0.25) is 0 Å². The molecule has 4 nitrogen and oxygen atoms in total. The summed E-state index contributed by atoms with van der Waals surface area (Å²) in [5.41, 5.74) is 4.96. The van der Waals surface area contributed by atoms with Crippen LogP contribution >= 0.6 is 0 Å². The number of rotatable bonds is 4. The third-order valence-electron chi connectivity index (χ3n) is 4.43. The molecule has 2 aromatic rings. The predicted molar refractivity (Wildman–Crippen MR) is 103 cm³/mol. The number of hydrazone groups is 1. The summed E-state index contributed by atoms with van der Waals surface area (Å²) >= 11 is 0. The quantitative estimate of drug-likeness (QED) is 0.807. The van der Waals surface area contributed by atoms with Crippen LogP contribution < -0.4 is 9.80 Å². The van der Waals surface area contributed by atoms with E-state index in [1.54, 1.807) is 0 Å². The third kappa shape index (κ3) is 4.07. The largest absolute Gasteiger partial charge is 0.378 e. The fourth-order valence-corrected chi connectivity index (χ4v) is 2.83. The Morgan fingerprint density at radius 2 is 1.50 bits per heavy atom. The van der Waals surface area contributed by atoms with Gasteiger partial charge in [0.2, 0.25) is 0 Å². The number of piperazine rings is 1. The van der Waals surface area contributed by atoms with Crippen molar-refractivity contribution < 1.29 is 0 Å². The highest BCUT2D eigenvalue weighted by Gasteiger charge is 2.15. The van der Waals surface area contributed by atoms with Gasteiger partial charge in [-0.3, -0.25) is 5.01 Å². The van der Waals surface area contributed by atoms with E-state index in [9.17, 15) is 0 Å². The van der Waals surface area contributed by atoms with E-state index in [0.717, 1.165) is 31.7 Å². The molecule has 1 heterocycles. The smallest absolute Gasteiger partial charge is 0.0542 e. The van der Waals surface area contributed by atoms with E-state index in [0.29, 0.717) is 0 Å². The molecule has 0 aliphatic carbocycles. The lowest BCUT2D eigenvalue weighted by Gasteiger charge is -2.34. The molecule has 126 valence electrons. The molecule has 4 heteroatoms. The summed E-state index contributed by atoms with van der Waals surface area (Å²) in [5.74, 6) is 0. The number of hydrogen-bond donors (Lipinski definition) is 0. The SMILES string of the molecule is Cc1ccc(N2CCN(N=Cc3ccc(N(C)C)cc3)CC2)cc1. The van der Waals surface area contributed by atoms with Gasteiger partial charge < -0.3 is 9.80 Å². The van der Waals surface area contributed by atoms with Gasteiger partial charge in [0.1, 0.15) is 0 Å². The average Bonchev–Trinajstić information content (AvgIpc) is 2.61. The van der Waals surface area contributed by atoms with E-state index in [2.05, 4.69) is 89.5 Å². The number of benzene rings is 2. The molecule has 0 N–H and O–H groups in total. The molecule has 1 aliphatic heterocycles. The zero-order chi connectivity index (χ0) is 16.9. The lowest BCUT2D eigenvalue weighted by atomic mass is 10.2. The van der Waals surface area contributed by atoms with Crippen molar-refractivity contribution in [3.8, 4) is 0 Å². The van der Waals surface area contributed by atoms with Gasteiger partial charge >= 0.3 is 0 Å². The monoisotopic (exact) mass is 322 g/mol. The maximum atomic E-state index is 4.64. The van der Waals surface area contributed by atoms with Crippen molar-refractivity contribution in [2.45, 2.75) is 6.92 Å². The molecule has 0 amide bonds. The molecule has 0 bridgehead atoms. The van der Waals surface area contributed by atoms with Crippen LogP contribution in [0, 0.1) is 6.92 Å². The van der Waals surface area contributed by atoms with Crippen molar-refractivity contribution in [2.24, 2.45) is 5.10 Å². The van der Waals surface area contributed by atoms with Crippen molar-refractivity contribution in [3.63, 3.8) is 0 Å². The first-order valence-electron chi connectivity index (χ1n) is 8.50. The molecule has 3 rings (SSSR count). The maximum Gasteiger partial charge on any atom is 0.0542 e. The first-order chi connectivity index (χ1) is 11.6. The van der Waals surface area contributed by atoms with Gasteiger partial charge in [0.15, 0.2) is 0 Å². The van der Waals surface area contributed by atoms with Crippen LogP contribution in [-0.2, 0) is 0 Å². The molecule has 0 unspecified atom stereocenters. The van der Waals surface area contributed by atoms with Crippen LogP contribution in [0.15, 0.2) is 53.6 Å². The van der Waals surface area contributed by atoms with Gasteiger partial charge in [-0.1, -0.05) is 29.8 Å². The standard InChI is InChI=1S/C20H26N4/c1-17-4-8-20(9-5-17)23-12-14-24(15-13-23)21-16-18-6-10-19(11-7-18)22(2)3/h4-11,16H,12-15H2,1-3H3. The summed E-state index contributed by atoms with van der Waals surface area (Å²) in [4.78, 5) is 4.53. The summed E-state index contributed by atoms with van der Waals surface area (Å²) in [6.07, 6.45) is 1.96. The second-order valence-corrected chi connectivity index (χ2v) is 6.51. The van der Waals surface area contributed by atoms with Gasteiger partial charge in [-0.15, -0.1) is 0 Å². The molecule has 0 aromatic heterocycles. The van der Waals surface area contributed by atoms with Crippen molar-refractivity contribution >= 4 is 17.6 Å². The minimum absolute atomic E-state index is 0.958. The van der Waals surface area contributed by atoms with Gasteiger partial charge in [0.05, 0.1) is 19.3 Å². The zero-order valence-electron chi connectivity index (χ0n) is 14.8. The second kappa shape index (κ2) is 7.39. The van der Waals surface area contributed by atoms with Gasteiger partial charge in [-0.25, -0.2) is 0 Å². The number of aryl methyl sites for hydroxylation is 1. The Labute approximate surface area is 145 Å². The first-order valence-corrected chi connectivity index (χ1v) is 8.50. The Bertz CT molecular complexity index is 666. The summed E-state index contributed by atoms with van der Waals surface area (Å²) in [6, 6.07) is 17.2. The van der Waals surface area contributed by atoms with E-state index in [1.165, 1.54) is 16.9 Å². The molecular weight excluding hydrogens is 296 g/mol. The summed E-state index contributed by atoms with van der Waals surface area (Å²) in [6.45, 7) is 6.07. The van der Waals surface area contributed by atoms with Crippen molar-refractivity contribution in [2.75, 3.05) is 50.1 Å². The minimum Gasteiger partial charge on any atom is -0.378 e. The molecule has 2 aromatic carbocycles. The van der Waals surface area contributed by atoms with Gasteiger partial charge in [0, 0.05) is 38.6 Å². The molecule has 24 heavy (non-hydrogen) atoms. The second-order valence-electron chi connectivity index (χ2n) is 6.51. The number of hydrogen-bond acceptors (Lipinski definition) is 4. The van der Waals surface area contributed by atoms with Crippen LogP contribution in [0.4, 0.5) is 11.4 Å². The van der Waals surface area contributed by atoms with E-state index < -0.39 is 0 Å². The normalized spacial score (nSPS) is 15.1. The Balaban J connectivity index is 1.54. The maximum absolute atomic E-state index is 4.64. The van der Waals surface area contributed by atoms with Crippen LogP contribution in [0.3, 0.4) is 0 Å². The molecule has 0 spiro atoms. The fraction of sp³-hybridized carbons (Fsp3) is 0.350. The molecule has 0 atom stereocenters. The van der Waals surface area contributed by atoms with E-state index in [4.69, 9.17) is 0 Å². The van der Waals surface area contributed by atoms with Crippen molar-refractivity contribution in [1.82, 2.24) is 5.01 Å². The number of nitrogens with zero attached hydrogens (tertiary/aromatic N) is 4. The third-order valence-corrected chi connectivity index (χ3v) is 4.43. The highest BCUT2D eigenvalue weighted by molar-refractivity contribution is 5.80. The summed E-state index contributed by atoms with van der Waals surface area (Å²) in [5, 5.41) is 6.80. The molecule has 0 saturated carbocycles. The molecule has 1 aliphatic rings. The van der Waals surface area contributed by atoms with Crippen molar-refractivity contribution in [1.29, 1.82) is 0 Å². The van der Waals surface area contributed by atoms with Crippen LogP contribution in [0.25, 0.3) is 0 Å². The van der Waals surface area contributed by atoms with E-state index >= 15 is 0 Å². The van der Waals surface area contributed by atoms with Crippen molar-refractivity contribution in [3.05, 3.63) is 59.7 Å². The Hall–Kier alpha value is -2.49. The van der Waals surface area contributed by atoms with Gasteiger partial charge in [-0.2, -0.15) is 5.10 Å². The molecule has 1 saturated heterocycles. The fourth-order valence-electron chi connectivity index (χ4n) is 2.83. The highest BCUT2D eigenvalue weighted by atomic mass is 15.5. The zero-order valence-corrected chi connectivity index (χ0v) is 14.8. The van der Waals surface area contributed by atoms with Gasteiger partial charge in [-0.05, 0) is 36.8 Å². The summed E-state index contributed by atoms with van der Waals surface area (Å²) < 4.78 is 0. The lowest BCUT2D eigenvalue weighted by molar-refractivity contribution is 0.272. The lowest BCUT2D eigenvalue weighted by Crippen LogP contribution is -2.44. The Morgan fingerprint density at radius 3 is 2.08 bits per heavy atom. The van der Waals surface area contributed by atoms with Gasteiger partial charge in [0.25, 0.3) is 0 Å². The molecule has 0 radical (unpaired) electrons. The highest BCUT2D eigenvalue weighted by Crippen LogP contribution is 2.17. The number of anilines is 2. The van der Waals surface area contributed by atoms with Crippen LogP contribution in [0.1, 0.15) is 11.1 Å². The topological polar surface area (TPSA) is 22.1 Å². The van der Waals surface area contributed by atoms with Crippen LogP contribution in [-0.4, -0.2) is 51.5 Å². The molecular formula is C20H26N4. The summed E-state index contributed by atoms with van der Waals surface area (Å²) in [7, 11) is 4.10. The Kier molecular flexibility index (Phi) is 5.04. The van der Waals surface area contributed by atoms with E-state index in [1.807, 2.05) is 6.21 Å². The Morgan fingerprint density at radius 1 is 0.875 bits per heavy atom. The van der Waals surface area contributed by atoms with E-state index in [-0.39, 0.29) is 0 Å². The first kappa shape index (κ1) is 16.4. The minimum atomic E-state index is 0.958.